The molecular weight excluding hydrogens is 643 g/mol. The van der Waals surface area contributed by atoms with Crippen LogP contribution in [0.4, 0.5) is 4.39 Å². The van der Waals surface area contributed by atoms with Crippen LogP contribution in [0.3, 0.4) is 0 Å². The summed E-state index contributed by atoms with van der Waals surface area (Å²) in [6.45, 7) is 1.93. The molecule has 184 valence electrons. The zero-order chi connectivity index (χ0) is 26.1. The minimum Gasteiger partial charge on any atom is -0.219 e. The van der Waals surface area contributed by atoms with Crippen LogP contribution in [0, 0.1) is 12.7 Å². The van der Waals surface area contributed by atoms with E-state index in [9.17, 15) is 21.2 Å². The molecule has 0 N–H and O–H groups in total. The van der Waals surface area contributed by atoms with E-state index in [0.717, 1.165) is 14.5 Å². The Morgan fingerprint density at radius 2 is 0.971 bits per heavy atom. The molecule has 4 nitrogen and oxygen atoms in total. The molecule has 4 aromatic rings. The van der Waals surface area contributed by atoms with Gasteiger partial charge in [0.05, 0.1) is 14.7 Å². The molecule has 0 fully saturated rings. The summed E-state index contributed by atoms with van der Waals surface area (Å²) in [7, 11) is -1.89. The Labute approximate surface area is 226 Å². The minimum absolute atomic E-state index is 0.113. The van der Waals surface area contributed by atoms with Crippen molar-refractivity contribution in [1.29, 1.82) is 0 Å². The van der Waals surface area contributed by atoms with Crippen molar-refractivity contribution in [2.75, 3.05) is 0 Å². The maximum Gasteiger partial charge on any atom is 0.261 e. The van der Waals surface area contributed by atoms with Crippen LogP contribution in [0.25, 0.3) is 0 Å². The van der Waals surface area contributed by atoms with Gasteiger partial charge in [-0.25, -0.2) is 21.2 Å². The monoisotopic (exact) mass is 660 g/mol. The molecule has 0 unspecified atom stereocenters. The summed E-state index contributed by atoms with van der Waals surface area (Å²) in [6.07, 6.45) is 0. The van der Waals surface area contributed by atoms with Crippen molar-refractivity contribution >= 4 is 61.4 Å². The van der Waals surface area contributed by atoms with Crippen molar-refractivity contribution in [1.82, 2.24) is 0 Å². The Balaban J connectivity index is 0.000000205. The molecule has 0 radical (unpaired) electrons. The first-order valence-electron chi connectivity index (χ1n) is 9.88. The topological polar surface area (TPSA) is 68.3 Å². The summed E-state index contributed by atoms with van der Waals surface area (Å²) in [5, 5.41) is 0. The lowest BCUT2D eigenvalue weighted by molar-refractivity contribution is 0.596. The van der Waals surface area contributed by atoms with Crippen LogP contribution in [0.2, 0.25) is 0 Å². The van der Waals surface area contributed by atoms with Crippen LogP contribution >= 0.6 is 42.5 Å². The Hall–Kier alpha value is -2.04. The Kier molecular flexibility index (Phi) is 11.1. The second-order valence-electron chi connectivity index (χ2n) is 6.96. The summed E-state index contributed by atoms with van der Waals surface area (Å²) < 4.78 is 59.5. The van der Waals surface area contributed by atoms with Crippen LogP contribution in [-0.2, 0) is 18.9 Å². The van der Waals surface area contributed by atoms with Gasteiger partial charge in [-0.15, -0.1) is 0 Å². The van der Waals surface area contributed by atoms with E-state index in [1.807, 2.05) is 6.92 Å². The van der Waals surface area contributed by atoms with E-state index >= 15 is 0 Å². The van der Waals surface area contributed by atoms with Crippen molar-refractivity contribution < 1.29 is 21.2 Å². The third kappa shape index (κ3) is 9.85. The van der Waals surface area contributed by atoms with E-state index in [1.54, 1.807) is 78.9 Å². The molecule has 0 aromatic heterocycles. The van der Waals surface area contributed by atoms with E-state index in [2.05, 4.69) is 31.9 Å². The first-order chi connectivity index (χ1) is 16.4. The van der Waals surface area contributed by atoms with Gasteiger partial charge in [0.1, 0.15) is 5.82 Å². The lowest BCUT2D eigenvalue weighted by atomic mass is 10.2. The maximum atomic E-state index is 12.2. The second-order valence-corrected chi connectivity index (χ2v) is 13.3. The third-order valence-electron chi connectivity index (χ3n) is 4.28. The van der Waals surface area contributed by atoms with Crippen LogP contribution in [0.15, 0.2) is 127 Å². The van der Waals surface area contributed by atoms with Gasteiger partial charge in [0.15, 0.2) is 0 Å². The molecule has 0 saturated carbocycles. The van der Waals surface area contributed by atoms with Gasteiger partial charge in [0, 0.05) is 19.6 Å². The van der Waals surface area contributed by atoms with E-state index in [0.29, 0.717) is 9.79 Å². The van der Waals surface area contributed by atoms with Crippen molar-refractivity contribution in [2.24, 2.45) is 0 Å². The Bertz CT molecular complexity index is 1380. The number of benzene rings is 4. The van der Waals surface area contributed by atoms with E-state index in [-0.39, 0.29) is 10.7 Å². The zero-order valence-electron chi connectivity index (χ0n) is 18.3. The van der Waals surface area contributed by atoms with Crippen LogP contribution in [-0.4, -0.2) is 16.8 Å². The molecule has 0 saturated heterocycles. The van der Waals surface area contributed by atoms with Gasteiger partial charge < -0.3 is 0 Å². The SMILES string of the molecule is Cc1ccc(S(=O)(=O)c2ccc(Br)cc2)cc1.Fc1ccccc1.O=S(=O)(Cl)c1ccc(Br)cc1. The van der Waals surface area contributed by atoms with E-state index in [4.69, 9.17) is 10.7 Å². The summed E-state index contributed by atoms with van der Waals surface area (Å²) in [4.78, 5) is 0.748. The van der Waals surface area contributed by atoms with Gasteiger partial charge in [-0.3, -0.25) is 0 Å². The Morgan fingerprint density at radius 3 is 1.31 bits per heavy atom. The van der Waals surface area contributed by atoms with Crippen LogP contribution in [0.1, 0.15) is 5.56 Å². The molecule has 0 aliphatic rings. The molecule has 10 heteroatoms. The van der Waals surface area contributed by atoms with Crippen molar-refractivity contribution in [3.05, 3.63) is 123 Å². The van der Waals surface area contributed by atoms with Gasteiger partial charge in [-0.1, -0.05) is 67.8 Å². The molecular formula is C25H20Br2ClFO4S2. The third-order valence-corrected chi connectivity index (χ3v) is 8.50. The quantitative estimate of drug-likeness (QED) is 0.210. The molecule has 4 aromatic carbocycles. The summed E-state index contributed by atoms with van der Waals surface area (Å²) >= 11 is 6.46. The average Bonchev–Trinajstić information content (AvgIpc) is 2.81. The number of hydrogen-bond donors (Lipinski definition) is 0. The molecule has 0 amide bonds. The second kappa shape index (κ2) is 13.3. The minimum atomic E-state index is -3.57. The summed E-state index contributed by atoms with van der Waals surface area (Å²) in [5.41, 5.74) is 1.04. The fourth-order valence-corrected chi connectivity index (χ4v) is 5.04. The van der Waals surface area contributed by atoms with Gasteiger partial charge >= 0.3 is 0 Å². The first kappa shape index (κ1) is 29.2. The lowest BCUT2D eigenvalue weighted by Gasteiger charge is -2.05. The van der Waals surface area contributed by atoms with Crippen molar-refractivity contribution in [3.8, 4) is 0 Å². The van der Waals surface area contributed by atoms with Gasteiger partial charge in [0.25, 0.3) is 9.05 Å². The van der Waals surface area contributed by atoms with Crippen molar-refractivity contribution in [3.63, 3.8) is 0 Å². The predicted molar refractivity (Wildman–Crippen MR) is 144 cm³/mol. The molecule has 0 aliphatic carbocycles. The van der Waals surface area contributed by atoms with E-state index in [1.165, 1.54) is 24.3 Å². The average molecular weight is 663 g/mol. The predicted octanol–water partition coefficient (Wildman–Crippen LogP) is 7.79. The lowest BCUT2D eigenvalue weighted by Crippen LogP contribution is -2.01. The number of sulfone groups is 1. The molecule has 4 rings (SSSR count). The first-order valence-corrected chi connectivity index (χ1v) is 15.3. The van der Waals surface area contributed by atoms with Crippen LogP contribution in [0.5, 0.6) is 0 Å². The number of rotatable bonds is 3. The molecule has 0 heterocycles. The fraction of sp³-hybridized carbons (Fsp3) is 0.0400. The number of aryl methyl sites for hydroxylation is 1. The number of halogens is 4. The molecule has 0 bridgehead atoms. The zero-order valence-corrected chi connectivity index (χ0v) is 23.8. The van der Waals surface area contributed by atoms with Crippen LogP contribution < -0.4 is 0 Å². The molecule has 0 atom stereocenters. The highest BCUT2D eigenvalue weighted by Gasteiger charge is 2.16. The summed E-state index contributed by atoms with van der Waals surface area (Å²) in [6, 6.07) is 27.6. The molecule has 0 spiro atoms. The molecule has 35 heavy (non-hydrogen) atoms. The van der Waals surface area contributed by atoms with E-state index < -0.39 is 18.9 Å². The fourth-order valence-electron chi connectivity index (χ4n) is 2.48. The maximum absolute atomic E-state index is 12.2. The smallest absolute Gasteiger partial charge is 0.219 e. The highest BCUT2D eigenvalue weighted by atomic mass is 79.9. The largest absolute Gasteiger partial charge is 0.261 e. The highest BCUT2D eigenvalue weighted by molar-refractivity contribution is 9.10. The van der Waals surface area contributed by atoms with Gasteiger partial charge in [-0.2, -0.15) is 0 Å². The van der Waals surface area contributed by atoms with Crippen molar-refractivity contribution in [2.45, 2.75) is 21.6 Å². The van der Waals surface area contributed by atoms with Gasteiger partial charge in [0.2, 0.25) is 9.84 Å². The standard InChI is InChI=1S/C13H11BrO2S.C6H4BrClO2S.C6H5F/c1-10-2-6-12(7-3-10)17(15,16)13-8-4-11(14)5-9-13;7-5-1-3-6(4-2-5)11(8,9)10;7-6-4-2-1-3-5-6/h2-9H,1H3;1-4H;1-5H. The number of hydrogen-bond acceptors (Lipinski definition) is 4. The molecule has 0 aliphatic heterocycles. The highest BCUT2D eigenvalue weighted by Crippen LogP contribution is 2.22. The summed E-state index contributed by atoms with van der Waals surface area (Å²) in [5.74, 6) is -0.178. The normalized spacial score (nSPS) is 10.9. The van der Waals surface area contributed by atoms with Gasteiger partial charge in [-0.05, 0) is 79.7 Å². The Morgan fingerprint density at radius 1 is 0.600 bits per heavy atom.